The number of aromatic nitrogens is 3. The van der Waals surface area contributed by atoms with Crippen LogP contribution in [0.25, 0.3) is 0 Å². The molecule has 0 spiro atoms. The second-order valence-electron chi connectivity index (χ2n) is 3.99. The number of rotatable bonds is 5. The highest BCUT2D eigenvalue weighted by molar-refractivity contribution is 7.99. The molecule has 0 amide bonds. The van der Waals surface area contributed by atoms with Crippen LogP contribution in [0.2, 0.25) is 0 Å². The highest BCUT2D eigenvalue weighted by Gasteiger charge is 2.28. The van der Waals surface area contributed by atoms with Crippen LogP contribution in [0.5, 0.6) is 0 Å². The molecule has 6 heteroatoms. The van der Waals surface area contributed by atoms with Crippen LogP contribution < -0.4 is 5.32 Å². The first-order valence-corrected chi connectivity index (χ1v) is 7.33. The van der Waals surface area contributed by atoms with Crippen LogP contribution in [-0.4, -0.2) is 45.8 Å². The lowest BCUT2D eigenvalue weighted by Gasteiger charge is -2.30. The monoisotopic (exact) mass is 256 g/mol. The zero-order valence-electron chi connectivity index (χ0n) is 10.4. The molecule has 2 atom stereocenters. The van der Waals surface area contributed by atoms with Gasteiger partial charge in [0.05, 0.1) is 30.6 Å². The van der Waals surface area contributed by atoms with Crippen molar-refractivity contribution in [1.29, 1.82) is 0 Å². The van der Waals surface area contributed by atoms with Gasteiger partial charge in [-0.1, -0.05) is 12.1 Å². The fraction of sp³-hybridized carbons (Fsp3) is 0.818. The van der Waals surface area contributed by atoms with Crippen LogP contribution in [0.15, 0.2) is 6.20 Å². The van der Waals surface area contributed by atoms with Crippen molar-refractivity contribution in [2.45, 2.75) is 32.5 Å². The summed E-state index contributed by atoms with van der Waals surface area (Å²) in [5, 5.41) is 11.6. The quantitative estimate of drug-likeness (QED) is 0.854. The summed E-state index contributed by atoms with van der Waals surface area (Å²) in [6.45, 7) is 6.80. The van der Waals surface area contributed by atoms with Crippen molar-refractivity contribution in [3.8, 4) is 0 Å². The zero-order valence-corrected chi connectivity index (χ0v) is 11.2. The van der Waals surface area contributed by atoms with Crippen molar-refractivity contribution >= 4 is 11.8 Å². The van der Waals surface area contributed by atoms with E-state index in [1.54, 1.807) is 0 Å². The smallest absolute Gasteiger partial charge is 0.0876 e. The topological polar surface area (TPSA) is 52.0 Å². The number of hydrogen-bond donors (Lipinski definition) is 1. The van der Waals surface area contributed by atoms with Gasteiger partial charge in [-0.3, -0.25) is 0 Å². The van der Waals surface area contributed by atoms with E-state index in [2.05, 4.69) is 29.5 Å². The summed E-state index contributed by atoms with van der Waals surface area (Å²) < 4.78 is 7.80. The first-order chi connectivity index (χ1) is 8.36. The molecule has 0 aromatic carbocycles. The maximum absolute atomic E-state index is 5.86. The Labute approximate surface area is 106 Å². The molecule has 2 heterocycles. The first kappa shape index (κ1) is 12.9. The molecule has 0 radical (unpaired) electrons. The van der Waals surface area contributed by atoms with E-state index in [0.29, 0.717) is 0 Å². The summed E-state index contributed by atoms with van der Waals surface area (Å²) >= 11 is 1.95. The summed E-state index contributed by atoms with van der Waals surface area (Å²) in [7, 11) is 0. The zero-order chi connectivity index (χ0) is 12.1. The molecule has 1 fully saturated rings. The Morgan fingerprint density at radius 1 is 1.65 bits per heavy atom. The molecule has 17 heavy (non-hydrogen) atoms. The Hall–Kier alpha value is -0.590. The van der Waals surface area contributed by atoms with Gasteiger partial charge in [-0.05, 0) is 13.5 Å². The highest BCUT2D eigenvalue weighted by Crippen LogP contribution is 2.25. The number of ether oxygens (including phenoxy) is 1. The molecule has 1 aromatic rings. The minimum atomic E-state index is 0.197. The molecule has 0 saturated carbocycles. The molecule has 2 rings (SSSR count). The van der Waals surface area contributed by atoms with Crippen molar-refractivity contribution in [2.75, 3.05) is 24.7 Å². The predicted molar refractivity (Wildman–Crippen MR) is 69.2 cm³/mol. The summed E-state index contributed by atoms with van der Waals surface area (Å²) in [6, 6.07) is 0.197. The van der Waals surface area contributed by atoms with Crippen LogP contribution in [0.1, 0.15) is 25.6 Å². The van der Waals surface area contributed by atoms with Gasteiger partial charge in [0.2, 0.25) is 0 Å². The van der Waals surface area contributed by atoms with Gasteiger partial charge in [-0.15, -0.1) is 5.10 Å². The second kappa shape index (κ2) is 6.37. The van der Waals surface area contributed by atoms with Crippen LogP contribution in [0, 0.1) is 0 Å². The van der Waals surface area contributed by atoms with Crippen molar-refractivity contribution < 1.29 is 4.74 Å². The van der Waals surface area contributed by atoms with Gasteiger partial charge in [-0.25, -0.2) is 4.68 Å². The number of aryl methyl sites for hydroxylation is 1. The van der Waals surface area contributed by atoms with Crippen LogP contribution >= 0.6 is 11.8 Å². The van der Waals surface area contributed by atoms with E-state index >= 15 is 0 Å². The maximum Gasteiger partial charge on any atom is 0.0876 e. The fourth-order valence-electron chi connectivity index (χ4n) is 2.10. The molecule has 0 aliphatic carbocycles. The fourth-order valence-corrected chi connectivity index (χ4v) is 3.00. The van der Waals surface area contributed by atoms with E-state index in [4.69, 9.17) is 4.74 Å². The van der Waals surface area contributed by atoms with Gasteiger partial charge in [0.15, 0.2) is 0 Å². The van der Waals surface area contributed by atoms with Crippen molar-refractivity contribution in [1.82, 2.24) is 20.3 Å². The highest BCUT2D eigenvalue weighted by atomic mass is 32.2. The van der Waals surface area contributed by atoms with E-state index in [9.17, 15) is 0 Å². The van der Waals surface area contributed by atoms with E-state index in [-0.39, 0.29) is 12.1 Å². The summed E-state index contributed by atoms with van der Waals surface area (Å²) in [4.78, 5) is 0. The lowest BCUT2D eigenvalue weighted by Crippen LogP contribution is -2.39. The number of likely N-dealkylation sites (N-methyl/N-ethyl adjacent to an activating group) is 1. The Kier molecular flexibility index (Phi) is 4.82. The van der Waals surface area contributed by atoms with E-state index < -0.39 is 0 Å². The molecule has 96 valence electrons. The normalized spacial score (nSPS) is 22.6. The van der Waals surface area contributed by atoms with Crippen molar-refractivity contribution in [3.05, 3.63) is 11.9 Å². The van der Waals surface area contributed by atoms with Gasteiger partial charge in [-0.2, -0.15) is 11.8 Å². The number of thioether (sulfide) groups is 1. The van der Waals surface area contributed by atoms with E-state index in [1.165, 1.54) is 0 Å². The van der Waals surface area contributed by atoms with Crippen LogP contribution in [0.4, 0.5) is 0 Å². The van der Waals surface area contributed by atoms with Gasteiger partial charge < -0.3 is 10.1 Å². The van der Waals surface area contributed by atoms with E-state index in [1.807, 2.05) is 22.6 Å². The first-order valence-electron chi connectivity index (χ1n) is 6.18. The Bertz CT molecular complexity index is 338. The standard InChI is InChI=1S/C11H20N4OS/c1-3-12-11(10-8-17-6-5-16-10)9-7-13-14-15(9)4-2/h7,10-12H,3-6,8H2,1-2H3. The molecule has 1 N–H and O–H groups in total. The summed E-state index contributed by atoms with van der Waals surface area (Å²) in [5.41, 5.74) is 1.13. The third-order valence-electron chi connectivity index (χ3n) is 2.90. The average Bonchev–Trinajstić information content (AvgIpc) is 2.85. The van der Waals surface area contributed by atoms with Gasteiger partial charge in [0.25, 0.3) is 0 Å². The Morgan fingerprint density at radius 3 is 3.18 bits per heavy atom. The molecule has 1 aliphatic rings. The number of nitrogens with one attached hydrogen (secondary N) is 1. The Morgan fingerprint density at radius 2 is 2.53 bits per heavy atom. The number of hydrogen-bond acceptors (Lipinski definition) is 5. The van der Waals surface area contributed by atoms with Crippen LogP contribution in [0.3, 0.4) is 0 Å². The summed E-state index contributed by atoms with van der Waals surface area (Å²) in [5.74, 6) is 2.13. The molecule has 0 bridgehead atoms. The minimum absolute atomic E-state index is 0.197. The van der Waals surface area contributed by atoms with Gasteiger partial charge in [0.1, 0.15) is 0 Å². The molecule has 1 saturated heterocycles. The van der Waals surface area contributed by atoms with Gasteiger partial charge in [0, 0.05) is 18.1 Å². The maximum atomic E-state index is 5.86. The van der Waals surface area contributed by atoms with E-state index in [0.717, 1.165) is 36.9 Å². The Balaban J connectivity index is 2.15. The molecular weight excluding hydrogens is 236 g/mol. The molecule has 1 aromatic heterocycles. The average molecular weight is 256 g/mol. The molecule has 5 nitrogen and oxygen atoms in total. The summed E-state index contributed by atoms with van der Waals surface area (Å²) in [6.07, 6.45) is 2.07. The third kappa shape index (κ3) is 3.00. The van der Waals surface area contributed by atoms with Crippen molar-refractivity contribution in [3.63, 3.8) is 0 Å². The van der Waals surface area contributed by atoms with Gasteiger partial charge >= 0.3 is 0 Å². The molecule has 2 unspecified atom stereocenters. The third-order valence-corrected chi connectivity index (χ3v) is 3.92. The lowest BCUT2D eigenvalue weighted by molar-refractivity contribution is 0.0449. The molecule has 1 aliphatic heterocycles. The largest absolute Gasteiger partial charge is 0.374 e. The predicted octanol–water partition coefficient (Wildman–Crippen LogP) is 1.08. The number of nitrogens with zero attached hydrogens (tertiary/aromatic N) is 3. The van der Waals surface area contributed by atoms with Crippen LogP contribution in [-0.2, 0) is 11.3 Å². The lowest BCUT2D eigenvalue weighted by atomic mass is 10.1. The van der Waals surface area contributed by atoms with Crippen molar-refractivity contribution in [2.24, 2.45) is 0 Å². The minimum Gasteiger partial charge on any atom is -0.374 e. The second-order valence-corrected chi connectivity index (χ2v) is 5.14. The molecular formula is C11H20N4OS. The SMILES string of the molecule is CCNC(c1cnnn1CC)C1CSCCO1.